The van der Waals surface area contributed by atoms with Crippen LogP contribution in [0.3, 0.4) is 0 Å². The Morgan fingerprint density at radius 2 is 0.567 bits per heavy atom. The van der Waals surface area contributed by atoms with Crippen LogP contribution in [0.5, 0.6) is 0 Å². The van der Waals surface area contributed by atoms with Crippen molar-refractivity contribution in [1.82, 2.24) is 0 Å². The third-order valence-corrected chi connectivity index (χ3v) is 5.62. The van der Waals surface area contributed by atoms with E-state index in [0.717, 1.165) is 0 Å². The molecule has 0 radical (unpaired) electrons. The van der Waals surface area contributed by atoms with Crippen molar-refractivity contribution in [2.45, 2.75) is 69.2 Å². The fourth-order valence-corrected chi connectivity index (χ4v) is 2.81. The summed E-state index contributed by atoms with van der Waals surface area (Å²) in [6.45, 7) is 40.0. The van der Waals surface area contributed by atoms with Gasteiger partial charge in [0.25, 0.3) is 0 Å². The van der Waals surface area contributed by atoms with Crippen LogP contribution >= 0.6 is 0 Å². The monoisotopic (exact) mass is 494 g/mol. The molecule has 0 aliphatic heterocycles. The molecule has 0 bridgehead atoms. The molecule has 0 spiro atoms. The van der Waals surface area contributed by atoms with Crippen molar-refractivity contribution in [2.75, 3.05) is 0 Å². The first-order valence-corrected chi connectivity index (χ1v) is 8.32. The summed E-state index contributed by atoms with van der Waals surface area (Å²) < 4.78 is 30.0. The zero-order valence-corrected chi connectivity index (χ0v) is 21.5. The maximum absolute atomic E-state index is 7.50. The molecule has 2 rings (SSSR count). The first kappa shape index (κ1) is 42.7. The van der Waals surface area contributed by atoms with E-state index < -0.39 is 0 Å². The molecule has 0 unspecified atom stereocenters. The minimum absolute atomic E-state index is 0. The Labute approximate surface area is 203 Å². The number of hydrogen-bond acceptors (Lipinski definition) is 0. The van der Waals surface area contributed by atoms with Crippen molar-refractivity contribution in [1.29, 1.82) is 0 Å². The molecular weight excluding hydrogens is 464 g/mol. The van der Waals surface area contributed by atoms with E-state index >= 15 is 0 Å². The van der Waals surface area contributed by atoms with Gasteiger partial charge in [0.15, 0.2) is 0 Å². The molecule has 0 saturated carbocycles. The van der Waals surface area contributed by atoms with Gasteiger partial charge in [0.05, 0.1) is 0 Å². The number of rotatable bonds is 0. The van der Waals surface area contributed by atoms with E-state index in [9.17, 15) is 0 Å². The van der Waals surface area contributed by atoms with Gasteiger partial charge in [-0.05, 0) is 0 Å². The van der Waals surface area contributed by atoms with E-state index in [1.807, 2.05) is 0 Å². The minimum Gasteiger partial charge on any atom is 0 e. The minimum atomic E-state index is 0. The average Bonchev–Trinajstić information content (AvgIpc) is 3.04. The van der Waals surface area contributed by atoms with Crippen LogP contribution in [0, 0.1) is 95.8 Å². The van der Waals surface area contributed by atoms with Crippen molar-refractivity contribution in [3.63, 3.8) is 0 Å². The van der Waals surface area contributed by atoms with Gasteiger partial charge in [0.1, 0.15) is 0 Å². The van der Waals surface area contributed by atoms with Crippen molar-refractivity contribution in [3.05, 3.63) is 82.2 Å². The Kier molecular flexibility index (Phi) is 34.1. The van der Waals surface area contributed by atoms with Gasteiger partial charge in [-0.2, -0.15) is 27.8 Å². The van der Waals surface area contributed by atoms with Crippen molar-refractivity contribution in [2.24, 2.45) is 0 Å². The summed E-state index contributed by atoms with van der Waals surface area (Å²) in [7, 11) is 0. The van der Waals surface area contributed by atoms with Crippen LogP contribution in [0.25, 0.3) is 0 Å². The largest absolute Gasteiger partial charge is 0 e. The first-order valence-electron chi connectivity index (χ1n) is 8.32. The normalized spacial score (nSPS) is 7.27. The molecule has 0 heterocycles. The molecule has 0 N–H and O–H groups in total. The molecule has 0 fully saturated rings. The van der Waals surface area contributed by atoms with Crippen LogP contribution < -0.4 is 0 Å². The summed E-state index contributed by atoms with van der Waals surface area (Å²) in [4.78, 5) is 0. The molecule has 0 amide bonds. The van der Waals surface area contributed by atoms with Crippen LogP contribution in [-0.2, 0) is 52.7 Å². The SMILES string of the molecule is C[c-]1[c-](C)[c-](C)[c-](C)[c-]1C.Cc1c(C)c(C)[c-](C)c1C.[C-]#[O+].[C-]#[O+].[C-]#[O+].[C-]#[O+].[Fe].[Fe]. The van der Waals surface area contributed by atoms with E-state index in [0.29, 0.717) is 0 Å². The predicted octanol–water partition coefficient (Wildman–Crippen LogP) is 5.74. The Bertz CT molecular complexity index is 560. The van der Waals surface area contributed by atoms with Crippen LogP contribution in [0.15, 0.2) is 0 Å². The van der Waals surface area contributed by atoms with Crippen LogP contribution in [0.4, 0.5) is 0 Å². The Balaban J connectivity index is -0.0000000686. The van der Waals surface area contributed by atoms with Crippen molar-refractivity contribution in [3.8, 4) is 0 Å². The fraction of sp³-hybridized carbons (Fsp3) is 0.417. The molecule has 0 atom stereocenters. The van der Waals surface area contributed by atoms with Crippen LogP contribution in [0.1, 0.15) is 55.6 Å². The molecule has 0 aliphatic carbocycles. The van der Waals surface area contributed by atoms with E-state index in [-0.39, 0.29) is 34.1 Å². The van der Waals surface area contributed by atoms with Gasteiger partial charge in [-0.15, -0.1) is 0 Å². The number of hydrogen-bond donors (Lipinski definition) is 0. The second-order valence-electron chi connectivity index (χ2n) is 6.25. The molecule has 0 aliphatic rings. The Morgan fingerprint density at radius 3 is 0.633 bits per heavy atom. The summed E-state index contributed by atoms with van der Waals surface area (Å²) in [6.07, 6.45) is 0. The molecular formula is C24H30Fe2O4-6. The summed E-state index contributed by atoms with van der Waals surface area (Å²) >= 11 is 0. The van der Waals surface area contributed by atoms with Gasteiger partial charge in [0, 0.05) is 34.1 Å². The van der Waals surface area contributed by atoms with E-state index in [1.165, 1.54) is 55.6 Å². The Morgan fingerprint density at radius 1 is 0.433 bits per heavy atom. The molecule has 0 aromatic heterocycles. The van der Waals surface area contributed by atoms with E-state index in [2.05, 4.69) is 95.8 Å². The summed E-state index contributed by atoms with van der Waals surface area (Å²) in [5, 5.41) is 0. The van der Waals surface area contributed by atoms with E-state index in [1.54, 1.807) is 0 Å². The van der Waals surface area contributed by atoms with Gasteiger partial charge < -0.3 is 27.8 Å². The molecule has 0 saturated heterocycles. The van der Waals surface area contributed by atoms with Gasteiger partial charge >= 0.3 is 45.2 Å². The zero-order chi connectivity index (χ0) is 23.8. The second-order valence-corrected chi connectivity index (χ2v) is 6.25. The Hall–Kier alpha value is -1.30. The second kappa shape index (κ2) is 24.0. The molecule has 2 aromatic carbocycles. The first-order chi connectivity index (χ1) is 13.1. The predicted molar refractivity (Wildman–Crippen MR) is 107 cm³/mol. The molecule has 6 heteroatoms. The summed E-state index contributed by atoms with van der Waals surface area (Å²) in [5.41, 5.74) is 14.7. The van der Waals surface area contributed by atoms with Gasteiger partial charge in [-0.3, -0.25) is 0 Å². The average molecular weight is 494 g/mol. The van der Waals surface area contributed by atoms with E-state index in [4.69, 9.17) is 18.6 Å². The smallest absolute Gasteiger partial charge is 0 e. The molecule has 172 valence electrons. The molecule has 4 nitrogen and oxygen atoms in total. The standard InChI is InChI=1S/2C10H15.4CO.2Fe/c2*1-6-7(2)9(4)10(5)8(6)3;4*1-2;;/h2*1-5H3;;;;;;/q-5;-1;;;;;;. The van der Waals surface area contributed by atoms with Gasteiger partial charge in [-0.25, -0.2) is 34.6 Å². The third kappa shape index (κ3) is 11.8. The molecule has 30 heavy (non-hydrogen) atoms. The topological polar surface area (TPSA) is 79.6 Å². The van der Waals surface area contributed by atoms with Crippen LogP contribution in [-0.4, -0.2) is 0 Å². The summed E-state index contributed by atoms with van der Waals surface area (Å²) in [6, 6.07) is 0. The van der Waals surface area contributed by atoms with Crippen molar-refractivity contribution < 1.29 is 52.7 Å². The van der Waals surface area contributed by atoms with Crippen molar-refractivity contribution >= 4 is 0 Å². The van der Waals surface area contributed by atoms with Gasteiger partial charge in [-0.1, -0.05) is 34.6 Å². The summed E-state index contributed by atoms with van der Waals surface area (Å²) in [5.74, 6) is 0. The maximum Gasteiger partial charge on any atom is 0 e. The van der Waals surface area contributed by atoms with Gasteiger partial charge in [0.2, 0.25) is 0 Å². The third-order valence-electron chi connectivity index (χ3n) is 5.62. The van der Waals surface area contributed by atoms with Crippen LogP contribution in [0.2, 0.25) is 0 Å². The quantitative estimate of drug-likeness (QED) is 0.255. The fourth-order valence-electron chi connectivity index (χ4n) is 2.81. The molecule has 2 aromatic rings. The maximum atomic E-state index is 7.50. The zero-order valence-electron chi connectivity index (χ0n) is 19.3.